The third kappa shape index (κ3) is 2.85. The maximum atomic E-state index is 13.2. The van der Waals surface area contributed by atoms with Crippen molar-refractivity contribution in [2.45, 2.75) is 0 Å². The number of benzene rings is 4. The molecular weight excluding hydrogens is 344 g/mol. The number of fused-ring (bicyclic) bond motifs is 2. The summed E-state index contributed by atoms with van der Waals surface area (Å²) in [4.78, 5) is 24.9. The molecule has 0 aliphatic rings. The third-order valence-corrected chi connectivity index (χ3v) is 4.55. The van der Waals surface area contributed by atoms with E-state index in [4.69, 9.17) is 0 Å². The molecule has 0 spiro atoms. The van der Waals surface area contributed by atoms with Crippen LogP contribution < -0.4 is 0 Å². The molecule has 0 saturated heterocycles. The van der Waals surface area contributed by atoms with Crippen LogP contribution in [0.5, 0.6) is 11.5 Å². The summed E-state index contributed by atoms with van der Waals surface area (Å²) in [5, 5.41) is 31.4. The second-order valence-electron chi connectivity index (χ2n) is 6.27. The van der Waals surface area contributed by atoms with Gasteiger partial charge >= 0.3 is 5.97 Å². The molecule has 0 heterocycles. The molecule has 5 nitrogen and oxygen atoms in total. The van der Waals surface area contributed by atoms with E-state index in [1.807, 2.05) is 0 Å². The molecule has 0 amide bonds. The number of carboxylic acids is 1. The summed E-state index contributed by atoms with van der Waals surface area (Å²) in [6.45, 7) is 0. The molecule has 4 aromatic rings. The Morgan fingerprint density at radius 2 is 1.26 bits per heavy atom. The molecule has 5 heteroatoms. The number of phenols is 2. The topological polar surface area (TPSA) is 94.8 Å². The van der Waals surface area contributed by atoms with Gasteiger partial charge in [-0.25, -0.2) is 4.79 Å². The Hall–Kier alpha value is -3.86. The Labute approximate surface area is 153 Å². The van der Waals surface area contributed by atoms with Gasteiger partial charge in [0.2, 0.25) is 0 Å². The van der Waals surface area contributed by atoms with Crippen molar-refractivity contribution in [1.82, 2.24) is 0 Å². The second-order valence-corrected chi connectivity index (χ2v) is 6.27. The highest BCUT2D eigenvalue weighted by atomic mass is 16.4. The van der Waals surface area contributed by atoms with Gasteiger partial charge in [0.25, 0.3) is 0 Å². The fourth-order valence-electron chi connectivity index (χ4n) is 3.26. The quantitative estimate of drug-likeness (QED) is 0.474. The van der Waals surface area contributed by atoms with Crippen molar-refractivity contribution in [3.63, 3.8) is 0 Å². The van der Waals surface area contributed by atoms with E-state index in [1.54, 1.807) is 42.5 Å². The van der Waals surface area contributed by atoms with Gasteiger partial charge in [-0.2, -0.15) is 0 Å². The fraction of sp³-hybridized carbons (Fsp3) is 0. The minimum absolute atomic E-state index is 0.0366. The average molecular weight is 358 g/mol. The zero-order chi connectivity index (χ0) is 19.1. The maximum Gasteiger partial charge on any atom is 0.336 e. The molecule has 0 radical (unpaired) electrons. The first-order chi connectivity index (χ1) is 12.9. The van der Waals surface area contributed by atoms with E-state index < -0.39 is 11.8 Å². The van der Waals surface area contributed by atoms with E-state index >= 15 is 0 Å². The Bertz CT molecular complexity index is 1240. The van der Waals surface area contributed by atoms with Gasteiger partial charge in [0.1, 0.15) is 11.5 Å². The van der Waals surface area contributed by atoms with Crippen LogP contribution in [-0.2, 0) is 0 Å². The number of phenolic OH excluding ortho intramolecular Hbond substituents is 2. The summed E-state index contributed by atoms with van der Waals surface area (Å²) < 4.78 is 0. The molecule has 0 bridgehead atoms. The highest BCUT2D eigenvalue weighted by Crippen LogP contribution is 2.29. The summed E-state index contributed by atoms with van der Waals surface area (Å²) in [5.74, 6) is -1.45. The van der Waals surface area contributed by atoms with E-state index in [-0.39, 0.29) is 22.6 Å². The highest BCUT2D eigenvalue weighted by molar-refractivity contribution is 6.22. The standard InChI is InChI=1S/C22H14O5/c23-16-5-3-12-9-15(2-1-13(12)10-16)21(25)20-18-8-6-17(24)11-14(18)4-7-19(20)22(26)27/h1-11,23-24H,(H,26,27). The van der Waals surface area contributed by atoms with Crippen molar-refractivity contribution in [3.8, 4) is 11.5 Å². The van der Waals surface area contributed by atoms with Crippen molar-refractivity contribution in [2.24, 2.45) is 0 Å². The van der Waals surface area contributed by atoms with E-state index in [2.05, 4.69) is 0 Å². The van der Waals surface area contributed by atoms with Crippen LogP contribution in [0.3, 0.4) is 0 Å². The van der Waals surface area contributed by atoms with Crippen LogP contribution in [0, 0.1) is 0 Å². The van der Waals surface area contributed by atoms with Gasteiger partial charge in [-0.05, 0) is 64.0 Å². The lowest BCUT2D eigenvalue weighted by atomic mass is 9.91. The summed E-state index contributed by atoms with van der Waals surface area (Å²) >= 11 is 0. The second kappa shape index (κ2) is 6.14. The molecule has 132 valence electrons. The van der Waals surface area contributed by atoms with Crippen molar-refractivity contribution in [3.05, 3.63) is 83.4 Å². The number of hydrogen-bond donors (Lipinski definition) is 3. The largest absolute Gasteiger partial charge is 0.508 e. The van der Waals surface area contributed by atoms with Gasteiger partial charge < -0.3 is 15.3 Å². The van der Waals surface area contributed by atoms with Crippen molar-refractivity contribution in [1.29, 1.82) is 0 Å². The highest BCUT2D eigenvalue weighted by Gasteiger charge is 2.21. The molecule has 4 aromatic carbocycles. The van der Waals surface area contributed by atoms with Crippen LogP contribution in [-0.4, -0.2) is 27.1 Å². The Balaban J connectivity index is 1.95. The molecule has 27 heavy (non-hydrogen) atoms. The molecule has 0 aliphatic carbocycles. The Morgan fingerprint density at radius 3 is 2.00 bits per heavy atom. The lowest BCUT2D eigenvalue weighted by Crippen LogP contribution is -2.10. The smallest absolute Gasteiger partial charge is 0.336 e. The number of carboxylic acid groups (broad SMARTS) is 1. The summed E-state index contributed by atoms with van der Waals surface area (Å²) in [6.07, 6.45) is 0. The normalized spacial score (nSPS) is 11.0. The van der Waals surface area contributed by atoms with Gasteiger partial charge in [-0.3, -0.25) is 4.79 Å². The van der Waals surface area contributed by atoms with E-state index in [0.29, 0.717) is 16.3 Å². The van der Waals surface area contributed by atoms with Crippen LogP contribution in [0.4, 0.5) is 0 Å². The van der Waals surface area contributed by atoms with Gasteiger partial charge in [0.15, 0.2) is 5.78 Å². The average Bonchev–Trinajstić information content (AvgIpc) is 2.65. The van der Waals surface area contributed by atoms with Gasteiger partial charge in [0, 0.05) is 11.1 Å². The fourth-order valence-corrected chi connectivity index (χ4v) is 3.26. The maximum absolute atomic E-state index is 13.2. The number of hydrogen-bond acceptors (Lipinski definition) is 4. The lowest BCUT2D eigenvalue weighted by Gasteiger charge is -2.11. The minimum Gasteiger partial charge on any atom is -0.508 e. The number of rotatable bonds is 3. The first-order valence-electron chi connectivity index (χ1n) is 8.20. The van der Waals surface area contributed by atoms with E-state index in [9.17, 15) is 24.9 Å². The van der Waals surface area contributed by atoms with Crippen LogP contribution in [0.15, 0.2) is 66.7 Å². The number of aromatic hydroxyl groups is 2. The lowest BCUT2D eigenvalue weighted by molar-refractivity contribution is 0.0693. The zero-order valence-corrected chi connectivity index (χ0v) is 14.0. The molecular formula is C22H14O5. The van der Waals surface area contributed by atoms with Crippen molar-refractivity contribution in [2.75, 3.05) is 0 Å². The summed E-state index contributed by atoms with van der Waals surface area (Å²) in [6, 6.07) is 17.2. The number of carbonyl (C=O) groups excluding carboxylic acids is 1. The van der Waals surface area contributed by atoms with Crippen molar-refractivity contribution < 1.29 is 24.9 Å². The molecule has 0 unspecified atom stereocenters. The van der Waals surface area contributed by atoms with Crippen molar-refractivity contribution >= 4 is 33.3 Å². The first-order valence-corrected chi connectivity index (χ1v) is 8.20. The van der Waals surface area contributed by atoms with Crippen LogP contribution >= 0.6 is 0 Å². The summed E-state index contributed by atoms with van der Waals surface area (Å²) in [7, 11) is 0. The Morgan fingerprint density at radius 1 is 0.667 bits per heavy atom. The number of carbonyl (C=O) groups is 2. The predicted molar refractivity (Wildman–Crippen MR) is 102 cm³/mol. The molecule has 0 atom stereocenters. The van der Waals surface area contributed by atoms with Crippen LogP contribution in [0.2, 0.25) is 0 Å². The number of ketones is 1. The predicted octanol–water partition coefficient (Wildman–Crippen LogP) is 4.33. The monoisotopic (exact) mass is 358 g/mol. The molecule has 0 fully saturated rings. The molecule has 4 rings (SSSR count). The molecule has 0 saturated carbocycles. The third-order valence-electron chi connectivity index (χ3n) is 4.55. The molecule has 0 aliphatic heterocycles. The van der Waals surface area contributed by atoms with Gasteiger partial charge in [-0.1, -0.05) is 24.3 Å². The van der Waals surface area contributed by atoms with Crippen LogP contribution in [0.1, 0.15) is 26.3 Å². The van der Waals surface area contributed by atoms with E-state index in [1.165, 1.54) is 24.3 Å². The Kier molecular flexibility index (Phi) is 3.78. The van der Waals surface area contributed by atoms with Gasteiger partial charge in [-0.15, -0.1) is 0 Å². The zero-order valence-electron chi connectivity index (χ0n) is 14.0. The van der Waals surface area contributed by atoms with Crippen LogP contribution in [0.25, 0.3) is 21.5 Å². The first kappa shape index (κ1) is 16.6. The van der Waals surface area contributed by atoms with E-state index in [0.717, 1.165) is 10.8 Å². The number of aromatic carboxylic acids is 1. The molecule has 0 aromatic heterocycles. The summed E-state index contributed by atoms with van der Waals surface area (Å²) in [5.41, 5.74) is 0.332. The SMILES string of the molecule is O=C(O)c1ccc2cc(O)ccc2c1C(=O)c1ccc2cc(O)ccc2c1. The van der Waals surface area contributed by atoms with Gasteiger partial charge in [0.05, 0.1) is 5.56 Å². The minimum atomic E-state index is -1.20. The molecule has 3 N–H and O–H groups in total.